The number of halogens is 1. The van der Waals surface area contributed by atoms with Gasteiger partial charge in [-0.1, -0.05) is 6.07 Å². The Bertz CT molecular complexity index is 493. The van der Waals surface area contributed by atoms with Crippen LogP contribution in [0.2, 0.25) is 0 Å². The van der Waals surface area contributed by atoms with E-state index in [2.05, 4.69) is 10.6 Å². The Labute approximate surface area is 108 Å². The number of hydrogen-bond acceptors (Lipinski definition) is 3. The Kier molecular flexibility index (Phi) is 5.27. The molecule has 1 aromatic rings. The van der Waals surface area contributed by atoms with Crippen molar-refractivity contribution in [3.63, 3.8) is 0 Å². The number of anilines is 1. The van der Waals surface area contributed by atoms with E-state index in [1.165, 1.54) is 18.2 Å². The lowest BCUT2D eigenvalue weighted by Gasteiger charge is -2.07. The minimum absolute atomic E-state index is 0.0141. The number of nitrogens with one attached hydrogen (secondary N) is 3. The molecular formula is C11H13FN4O3. The molecule has 0 aliphatic heterocycles. The van der Waals surface area contributed by atoms with Gasteiger partial charge in [0.25, 0.3) is 0 Å². The monoisotopic (exact) mass is 268 g/mol. The molecule has 5 N–H and O–H groups in total. The molecule has 0 fully saturated rings. The van der Waals surface area contributed by atoms with E-state index in [1.54, 1.807) is 0 Å². The molecule has 0 bridgehead atoms. The van der Waals surface area contributed by atoms with Gasteiger partial charge in [0.2, 0.25) is 5.91 Å². The van der Waals surface area contributed by atoms with Gasteiger partial charge >= 0.3 is 12.1 Å². The van der Waals surface area contributed by atoms with Crippen LogP contribution in [0.4, 0.5) is 19.7 Å². The van der Waals surface area contributed by atoms with Gasteiger partial charge in [-0.05, 0) is 18.2 Å². The quantitative estimate of drug-likeness (QED) is 0.638. The zero-order valence-electron chi connectivity index (χ0n) is 9.90. The van der Waals surface area contributed by atoms with E-state index in [4.69, 9.17) is 5.73 Å². The first-order valence-corrected chi connectivity index (χ1v) is 5.37. The van der Waals surface area contributed by atoms with Crippen LogP contribution in [0.25, 0.3) is 0 Å². The molecule has 19 heavy (non-hydrogen) atoms. The number of benzene rings is 1. The first kappa shape index (κ1) is 14.4. The number of urea groups is 2. The number of carbonyl (C=O) groups excluding carboxylic acids is 3. The van der Waals surface area contributed by atoms with E-state index in [9.17, 15) is 18.8 Å². The number of amides is 5. The molecule has 5 amide bonds. The third-order valence-corrected chi connectivity index (χ3v) is 1.98. The third kappa shape index (κ3) is 6.01. The van der Waals surface area contributed by atoms with Crippen LogP contribution in [0.1, 0.15) is 6.42 Å². The third-order valence-electron chi connectivity index (χ3n) is 1.98. The van der Waals surface area contributed by atoms with Crippen LogP contribution >= 0.6 is 0 Å². The first-order valence-electron chi connectivity index (χ1n) is 5.37. The van der Waals surface area contributed by atoms with Crippen molar-refractivity contribution in [2.45, 2.75) is 6.42 Å². The van der Waals surface area contributed by atoms with Gasteiger partial charge in [-0.15, -0.1) is 0 Å². The number of rotatable bonds is 4. The van der Waals surface area contributed by atoms with Crippen molar-refractivity contribution in [3.8, 4) is 0 Å². The normalized spacial score (nSPS) is 9.53. The molecule has 1 aromatic carbocycles. The van der Waals surface area contributed by atoms with Gasteiger partial charge < -0.3 is 16.4 Å². The van der Waals surface area contributed by atoms with E-state index in [0.717, 1.165) is 6.07 Å². The van der Waals surface area contributed by atoms with Crippen molar-refractivity contribution in [3.05, 3.63) is 30.1 Å². The van der Waals surface area contributed by atoms with Gasteiger partial charge in [-0.25, -0.2) is 14.0 Å². The molecule has 7 nitrogen and oxygen atoms in total. The molecule has 8 heteroatoms. The minimum Gasteiger partial charge on any atom is -0.351 e. The zero-order chi connectivity index (χ0) is 14.3. The highest BCUT2D eigenvalue weighted by atomic mass is 19.1. The molecule has 102 valence electrons. The smallest absolute Gasteiger partial charge is 0.319 e. The van der Waals surface area contributed by atoms with Crippen LogP contribution in [-0.4, -0.2) is 24.5 Å². The highest BCUT2D eigenvalue weighted by Gasteiger charge is 2.06. The average Bonchev–Trinajstić information content (AvgIpc) is 2.27. The SMILES string of the molecule is NC(=O)NC(=O)CCNC(=O)Nc1cccc(F)c1. The molecule has 0 aliphatic rings. The van der Waals surface area contributed by atoms with Crippen LogP contribution in [-0.2, 0) is 4.79 Å². The maximum atomic E-state index is 12.8. The summed E-state index contributed by atoms with van der Waals surface area (Å²) >= 11 is 0. The fourth-order valence-electron chi connectivity index (χ4n) is 1.23. The molecular weight excluding hydrogens is 255 g/mol. The van der Waals surface area contributed by atoms with Crippen LogP contribution in [0.5, 0.6) is 0 Å². The maximum absolute atomic E-state index is 12.8. The summed E-state index contributed by atoms with van der Waals surface area (Å²) in [5.74, 6) is -1.07. The molecule has 0 unspecified atom stereocenters. The lowest BCUT2D eigenvalue weighted by molar-refractivity contribution is -0.119. The molecule has 0 saturated carbocycles. The molecule has 0 saturated heterocycles. The van der Waals surface area contributed by atoms with E-state index in [0.29, 0.717) is 5.69 Å². The second-order valence-electron chi connectivity index (χ2n) is 3.55. The summed E-state index contributed by atoms with van der Waals surface area (Å²) < 4.78 is 12.8. The van der Waals surface area contributed by atoms with E-state index >= 15 is 0 Å². The Morgan fingerprint density at radius 1 is 1.26 bits per heavy atom. The van der Waals surface area contributed by atoms with Gasteiger partial charge in [0.1, 0.15) is 5.82 Å². The van der Waals surface area contributed by atoms with Gasteiger partial charge in [0.15, 0.2) is 0 Å². The van der Waals surface area contributed by atoms with Crippen LogP contribution in [0, 0.1) is 5.82 Å². The summed E-state index contributed by atoms with van der Waals surface area (Å²) in [7, 11) is 0. The molecule has 0 atom stereocenters. The number of hydrogen-bond donors (Lipinski definition) is 4. The first-order chi connectivity index (χ1) is 8.97. The highest BCUT2D eigenvalue weighted by molar-refractivity contribution is 5.94. The lowest BCUT2D eigenvalue weighted by Crippen LogP contribution is -2.38. The largest absolute Gasteiger partial charge is 0.351 e. The van der Waals surface area contributed by atoms with Crippen LogP contribution < -0.4 is 21.7 Å². The second kappa shape index (κ2) is 6.94. The van der Waals surface area contributed by atoms with Crippen molar-refractivity contribution in [2.24, 2.45) is 5.73 Å². The van der Waals surface area contributed by atoms with Crippen molar-refractivity contribution < 1.29 is 18.8 Å². The summed E-state index contributed by atoms with van der Waals surface area (Å²) in [4.78, 5) is 32.7. The Hall–Kier alpha value is -2.64. The zero-order valence-corrected chi connectivity index (χ0v) is 9.90. The summed E-state index contributed by atoms with van der Waals surface area (Å²) in [6.45, 7) is 0.0141. The molecule has 0 spiro atoms. The maximum Gasteiger partial charge on any atom is 0.319 e. The fourth-order valence-corrected chi connectivity index (χ4v) is 1.23. The number of primary amides is 1. The standard InChI is InChI=1S/C11H13FN4O3/c12-7-2-1-3-8(6-7)15-11(19)14-5-4-9(17)16-10(13)18/h1-3,6H,4-5H2,(H2,14,15,19)(H3,13,16,17,18). The van der Waals surface area contributed by atoms with E-state index in [1.807, 2.05) is 5.32 Å². The molecule has 0 heterocycles. The lowest BCUT2D eigenvalue weighted by atomic mass is 10.3. The van der Waals surface area contributed by atoms with E-state index in [-0.39, 0.29) is 13.0 Å². The van der Waals surface area contributed by atoms with Crippen molar-refractivity contribution in [1.29, 1.82) is 0 Å². The van der Waals surface area contributed by atoms with Crippen molar-refractivity contribution in [1.82, 2.24) is 10.6 Å². The number of carbonyl (C=O) groups is 3. The average molecular weight is 268 g/mol. The predicted molar refractivity (Wildman–Crippen MR) is 65.8 cm³/mol. The highest BCUT2D eigenvalue weighted by Crippen LogP contribution is 2.08. The van der Waals surface area contributed by atoms with Gasteiger partial charge in [-0.2, -0.15) is 0 Å². The number of imide groups is 1. The molecule has 0 radical (unpaired) electrons. The molecule has 0 aliphatic carbocycles. The minimum atomic E-state index is -0.950. The van der Waals surface area contributed by atoms with E-state index < -0.39 is 23.8 Å². The van der Waals surface area contributed by atoms with Gasteiger partial charge in [0, 0.05) is 18.7 Å². The Balaban J connectivity index is 2.29. The molecule has 0 aromatic heterocycles. The summed E-state index contributed by atoms with van der Waals surface area (Å²) in [6, 6.07) is 3.83. The summed E-state index contributed by atoms with van der Waals surface area (Å²) in [5, 5.41) is 6.61. The molecule has 1 rings (SSSR count). The summed E-state index contributed by atoms with van der Waals surface area (Å²) in [5.41, 5.74) is 5.03. The van der Waals surface area contributed by atoms with Crippen LogP contribution in [0.3, 0.4) is 0 Å². The van der Waals surface area contributed by atoms with Crippen molar-refractivity contribution >= 4 is 23.7 Å². The van der Waals surface area contributed by atoms with Gasteiger partial charge in [0.05, 0.1) is 0 Å². The Morgan fingerprint density at radius 2 is 2.00 bits per heavy atom. The van der Waals surface area contributed by atoms with Crippen molar-refractivity contribution in [2.75, 3.05) is 11.9 Å². The van der Waals surface area contributed by atoms with Gasteiger partial charge in [-0.3, -0.25) is 10.1 Å². The fraction of sp³-hybridized carbons (Fsp3) is 0.182. The topological polar surface area (TPSA) is 113 Å². The predicted octanol–water partition coefficient (Wildman–Crippen LogP) is 0.532. The number of nitrogens with two attached hydrogens (primary N) is 1. The second-order valence-corrected chi connectivity index (χ2v) is 3.55. The van der Waals surface area contributed by atoms with Crippen LogP contribution in [0.15, 0.2) is 24.3 Å². The Morgan fingerprint density at radius 3 is 2.63 bits per heavy atom. The summed E-state index contributed by atoms with van der Waals surface area (Å²) in [6.07, 6.45) is -0.0977.